The number of hydrogen-bond acceptors (Lipinski definition) is 2. The first kappa shape index (κ1) is 7.84. The molecule has 13 heavy (non-hydrogen) atoms. The van der Waals surface area contributed by atoms with Gasteiger partial charge in [-0.1, -0.05) is 6.07 Å². The van der Waals surface area contributed by atoms with Crippen LogP contribution in [-0.2, 0) is 6.54 Å². The molecule has 2 rings (SSSR count). The number of aromatic amines is 1. The van der Waals surface area contributed by atoms with Gasteiger partial charge in [0.2, 0.25) is 0 Å². The third-order valence-electron chi connectivity index (χ3n) is 2.03. The van der Waals surface area contributed by atoms with E-state index in [2.05, 4.69) is 11.1 Å². The Morgan fingerprint density at radius 3 is 2.92 bits per heavy atom. The number of nitrogens with zero attached hydrogens (tertiary/aromatic N) is 1. The van der Waals surface area contributed by atoms with Gasteiger partial charge in [0.05, 0.1) is 11.6 Å². The van der Waals surface area contributed by atoms with Crippen LogP contribution in [0.1, 0.15) is 11.3 Å². The molecule has 3 nitrogen and oxygen atoms in total. The molecule has 0 amide bonds. The zero-order chi connectivity index (χ0) is 9.26. The van der Waals surface area contributed by atoms with Gasteiger partial charge >= 0.3 is 0 Å². The maximum absolute atomic E-state index is 8.67. The highest BCUT2D eigenvalue weighted by Crippen LogP contribution is 2.16. The Morgan fingerprint density at radius 2 is 2.23 bits per heavy atom. The summed E-state index contributed by atoms with van der Waals surface area (Å²) in [5.74, 6) is 0. The molecule has 0 saturated carbocycles. The average molecular weight is 171 g/mol. The Balaban J connectivity index is 2.65. The van der Waals surface area contributed by atoms with Crippen LogP contribution in [0.2, 0.25) is 0 Å². The fourth-order valence-electron chi connectivity index (χ4n) is 1.37. The van der Waals surface area contributed by atoms with Crippen LogP contribution in [0.4, 0.5) is 0 Å². The number of benzene rings is 1. The first-order valence-electron chi connectivity index (χ1n) is 4.05. The van der Waals surface area contributed by atoms with Gasteiger partial charge in [-0.2, -0.15) is 5.26 Å². The van der Waals surface area contributed by atoms with Crippen molar-refractivity contribution in [3.05, 3.63) is 35.5 Å². The molecule has 0 aliphatic carbocycles. The van der Waals surface area contributed by atoms with Crippen molar-refractivity contribution in [1.82, 2.24) is 4.98 Å². The van der Waals surface area contributed by atoms with Gasteiger partial charge < -0.3 is 10.7 Å². The molecule has 0 spiro atoms. The maximum atomic E-state index is 8.67. The molecule has 0 saturated heterocycles. The first-order valence-corrected chi connectivity index (χ1v) is 4.05. The second kappa shape index (κ2) is 2.92. The minimum absolute atomic E-state index is 0.497. The van der Waals surface area contributed by atoms with Crippen molar-refractivity contribution in [2.45, 2.75) is 6.54 Å². The van der Waals surface area contributed by atoms with Crippen molar-refractivity contribution in [2.24, 2.45) is 5.73 Å². The van der Waals surface area contributed by atoms with E-state index in [1.807, 2.05) is 18.2 Å². The topological polar surface area (TPSA) is 65.6 Å². The molecule has 0 atom stereocenters. The summed E-state index contributed by atoms with van der Waals surface area (Å²) in [5.41, 5.74) is 8.12. The number of nitrogens with two attached hydrogens (primary N) is 1. The van der Waals surface area contributed by atoms with Crippen LogP contribution in [0.15, 0.2) is 24.3 Å². The number of H-pyrrole nitrogens is 1. The van der Waals surface area contributed by atoms with E-state index in [-0.39, 0.29) is 0 Å². The van der Waals surface area contributed by atoms with E-state index in [0.29, 0.717) is 12.1 Å². The molecule has 3 heteroatoms. The van der Waals surface area contributed by atoms with Crippen LogP contribution >= 0.6 is 0 Å². The number of aromatic nitrogens is 1. The summed E-state index contributed by atoms with van der Waals surface area (Å²) >= 11 is 0. The monoisotopic (exact) mass is 171 g/mol. The lowest BCUT2D eigenvalue weighted by Crippen LogP contribution is -1.94. The number of nitrogens with one attached hydrogen (secondary N) is 1. The molecule has 0 radical (unpaired) electrons. The number of fused-ring (bicyclic) bond motifs is 1. The standard InChI is InChI=1S/C10H9N3/c11-5-7-1-2-8-4-9(6-12)13-10(8)3-7/h1-4,13H,6,12H2. The summed E-state index contributed by atoms with van der Waals surface area (Å²) < 4.78 is 0. The van der Waals surface area contributed by atoms with Gasteiger partial charge in [-0.25, -0.2) is 0 Å². The van der Waals surface area contributed by atoms with Gasteiger partial charge in [-0.05, 0) is 23.6 Å². The fourth-order valence-corrected chi connectivity index (χ4v) is 1.37. The summed E-state index contributed by atoms with van der Waals surface area (Å²) in [5, 5.41) is 9.77. The molecular formula is C10H9N3. The largest absolute Gasteiger partial charge is 0.357 e. The van der Waals surface area contributed by atoms with Crippen molar-refractivity contribution < 1.29 is 0 Å². The summed E-state index contributed by atoms with van der Waals surface area (Å²) in [6.45, 7) is 0.497. The predicted octanol–water partition coefficient (Wildman–Crippen LogP) is 1.50. The van der Waals surface area contributed by atoms with E-state index in [0.717, 1.165) is 16.6 Å². The molecule has 64 valence electrons. The molecule has 0 unspecified atom stereocenters. The average Bonchev–Trinajstić information content (AvgIpc) is 2.58. The van der Waals surface area contributed by atoms with E-state index < -0.39 is 0 Å². The highest BCUT2D eigenvalue weighted by atomic mass is 14.7. The molecule has 1 aromatic heterocycles. The number of rotatable bonds is 1. The molecule has 2 aromatic rings. The third kappa shape index (κ3) is 1.28. The molecule has 3 N–H and O–H groups in total. The molecule has 0 bridgehead atoms. The lowest BCUT2D eigenvalue weighted by atomic mass is 10.2. The van der Waals surface area contributed by atoms with Gasteiger partial charge in [0.15, 0.2) is 0 Å². The van der Waals surface area contributed by atoms with Crippen molar-refractivity contribution in [2.75, 3.05) is 0 Å². The Bertz CT molecular complexity index is 476. The second-order valence-electron chi connectivity index (χ2n) is 2.91. The van der Waals surface area contributed by atoms with Crippen molar-refractivity contribution >= 4 is 10.9 Å². The summed E-state index contributed by atoms with van der Waals surface area (Å²) in [7, 11) is 0. The van der Waals surface area contributed by atoms with E-state index in [1.165, 1.54) is 0 Å². The van der Waals surface area contributed by atoms with Crippen LogP contribution in [0.25, 0.3) is 10.9 Å². The lowest BCUT2D eigenvalue weighted by Gasteiger charge is -1.89. The SMILES string of the molecule is N#Cc1ccc2cc(CN)[nH]c2c1. The van der Waals surface area contributed by atoms with Crippen LogP contribution < -0.4 is 5.73 Å². The normalized spacial score (nSPS) is 10.2. The van der Waals surface area contributed by atoms with Crippen molar-refractivity contribution in [3.63, 3.8) is 0 Å². The van der Waals surface area contributed by atoms with Gasteiger partial charge in [0, 0.05) is 17.8 Å². The van der Waals surface area contributed by atoms with Gasteiger partial charge in [0.1, 0.15) is 0 Å². The van der Waals surface area contributed by atoms with Crippen LogP contribution in [-0.4, -0.2) is 4.98 Å². The van der Waals surface area contributed by atoms with Gasteiger partial charge in [-0.15, -0.1) is 0 Å². The summed E-state index contributed by atoms with van der Waals surface area (Å²) in [6.07, 6.45) is 0. The minimum Gasteiger partial charge on any atom is -0.357 e. The molecular weight excluding hydrogens is 162 g/mol. The highest BCUT2D eigenvalue weighted by Gasteiger charge is 1.99. The van der Waals surface area contributed by atoms with Crippen LogP contribution in [0.5, 0.6) is 0 Å². The molecule has 1 aromatic carbocycles. The third-order valence-corrected chi connectivity index (χ3v) is 2.03. The van der Waals surface area contributed by atoms with E-state index in [1.54, 1.807) is 6.07 Å². The quantitative estimate of drug-likeness (QED) is 0.682. The Morgan fingerprint density at radius 1 is 1.38 bits per heavy atom. The van der Waals surface area contributed by atoms with Crippen LogP contribution in [0, 0.1) is 11.3 Å². The second-order valence-corrected chi connectivity index (χ2v) is 2.91. The van der Waals surface area contributed by atoms with E-state index >= 15 is 0 Å². The van der Waals surface area contributed by atoms with Crippen molar-refractivity contribution in [1.29, 1.82) is 5.26 Å². The van der Waals surface area contributed by atoms with Gasteiger partial charge in [0.25, 0.3) is 0 Å². The Hall–Kier alpha value is -1.79. The molecule has 0 aliphatic rings. The van der Waals surface area contributed by atoms with Crippen molar-refractivity contribution in [3.8, 4) is 6.07 Å². The Kier molecular flexibility index (Phi) is 1.76. The lowest BCUT2D eigenvalue weighted by molar-refractivity contribution is 1.02. The fraction of sp³-hybridized carbons (Fsp3) is 0.100. The minimum atomic E-state index is 0.497. The van der Waals surface area contributed by atoms with E-state index in [4.69, 9.17) is 11.0 Å². The summed E-state index contributed by atoms with van der Waals surface area (Å²) in [4.78, 5) is 3.14. The zero-order valence-electron chi connectivity index (χ0n) is 7.04. The predicted molar refractivity (Wildman–Crippen MR) is 50.9 cm³/mol. The zero-order valence-corrected chi connectivity index (χ0v) is 7.04. The molecule has 1 heterocycles. The number of nitriles is 1. The smallest absolute Gasteiger partial charge is 0.0992 e. The Labute approximate surface area is 75.8 Å². The summed E-state index contributed by atoms with van der Waals surface area (Å²) in [6, 6.07) is 9.64. The maximum Gasteiger partial charge on any atom is 0.0992 e. The first-order chi connectivity index (χ1) is 6.33. The molecule has 0 fully saturated rings. The van der Waals surface area contributed by atoms with Gasteiger partial charge in [-0.3, -0.25) is 0 Å². The molecule has 0 aliphatic heterocycles. The van der Waals surface area contributed by atoms with E-state index in [9.17, 15) is 0 Å². The number of hydrogen-bond donors (Lipinski definition) is 2. The highest BCUT2D eigenvalue weighted by molar-refractivity contribution is 5.81. The van der Waals surface area contributed by atoms with Crippen LogP contribution in [0.3, 0.4) is 0 Å².